The second-order valence-electron chi connectivity index (χ2n) is 7.67. The number of benzene rings is 3. The number of ether oxygens (including phenoxy) is 1. The summed E-state index contributed by atoms with van der Waals surface area (Å²) in [5, 5.41) is 13.7. The van der Waals surface area contributed by atoms with E-state index in [1.807, 2.05) is 43.3 Å². The van der Waals surface area contributed by atoms with Crippen molar-refractivity contribution in [3.05, 3.63) is 93.5 Å². The molecule has 3 aromatic rings. The van der Waals surface area contributed by atoms with E-state index in [1.54, 1.807) is 36.1 Å². The maximum atomic E-state index is 12.8. The lowest BCUT2D eigenvalue weighted by Crippen LogP contribution is -2.28. The molecule has 1 heterocycles. The van der Waals surface area contributed by atoms with Crippen molar-refractivity contribution in [1.29, 1.82) is 0 Å². The van der Waals surface area contributed by atoms with E-state index in [0.29, 0.717) is 35.0 Å². The molecule has 0 aromatic heterocycles. The van der Waals surface area contributed by atoms with E-state index in [4.69, 9.17) is 4.74 Å². The van der Waals surface area contributed by atoms with Crippen LogP contribution in [0.25, 0.3) is 0 Å². The fourth-order valence-electron chi connectivity index (χ4n) is 3.79. The number of rotatable bonds is 7. The second kappa shape index (κ2) is 9.96. The van der Waals surface area contributed by atoms with E-state index >= 15 is 0 Å². The zero-order chi connectivity index (χ0) is 24.2. The van der Waals surface area contributed by atoms with Gasteiger partial charge in [0.2, 0.25) is 5.91 Å². The molecule has 1 aliphatic heterocycles. The Bertz CT molecular complexity index is 1260. The van der Waals surface area contributed by atoms with Crippen LogP contribution in [0.5, 0.6) is 5.75 Å². The van der Waals surface area contributed by atoms with Crippen LogP contribution < -0.4 is 15.0 Å². The zero-order valence-corrected chi connectivity index (χ0v) is 19.5. The summed E-state index contributed by atoms with van der Waals surface area (Å²) in [5.41, 5.74) is 2.65. The molecular weight excluding hydrogens is 454 g/mol. The highest BCUT2D eigenvalue weighted by Gasteiger charge is 2.35. The van der Waals surface area contributed by atoms with Gasteiger partial charge in [-0.25, -0.2) is 0 Å². The molecule has 174 valence electrons. The summed E-state index contributed by atoms with van der Waals surface area (Å²) in [6.45, 7) is 4.00. The Morgan fingerprint density at radius 3 is 2.74 bits per heavy atom. The number of nitrogens with one attached hydrogen (secondary N) is 1. The van der Waals surface area contributed by atoms with E-state index in [9.17, 15) is 19.7 Å². The number of amides is 2. The third-order valence-electron chi connectivity index (χ3n) is 5.39. The highest BCUT2D eigenvalue weighted by Crippen LogP contribution is 2.45. The Labute approximate surface area is 201 Å². The SMILES string of the molecule is CCOc1ccccc1N1C(=O)CSC1c1cccc(NC(=O)c2ccc(C)c([N+](=O)[O-])c2)c1. The molecule has 1 aliphatic rings. The van der Waals surface area contributed by atoms with E-state index in [2.05, 4.69) is 5.32 Å². The van der Waals surface area contributed by atoms with E-state index in [1.165, 1.54) is 17.8 Å². The van der Waals surface area contributed by atoms with Crippen LogP contribution in [0, 0.1) is 17.0 Å². The molecule has 1 fully saturated rings. The van der Waals surface area contributed by atoms with Gasteiger partial charge in [-0.15, -0.1) is 11.8 Å². The van der Waals surface area contributed by atoms with Gasteiger partial charge in [-0.05, 0) is 49.7 Å². The predicted molar refractivity (Wildman–Crippen MR) is 133 cm³/mol. The third kappa shape index (κ3) is 4.74. The minimum Gasteiger partial charge on any atom is -0.492 e. The molecule has 9 heteroatoms. The first-order valence-corrected chi connectivity index (χ1v) is 11.8. The van der Waals surface area contributed by atoms with Crippen molar-refractivity contribution in [1.82, 2.24) is 0 Å². The first-order chi connectivity index (χ1) is 16.4. The number of carbonyl (C=O) groups excluding carboxylic acids is 2. The number of carbonyl (C=O) groups is 2. The highest BCUT2D eigenvalue weighted by molar-refractivity contribution is 8.00. The number of para-hydroxylation sites is 2. The van der Waals surface area contributed by atoms with Gasteiger partial charge in [0.05, 0.1) is 23.0 Å². The molecule has 0 radical (unpaired) electrons. The quantitative estimate of drug-likeness (QED) is 0.364. The topological polar surface area (TPSA) is 102 Å². The summed E-state index contributed by atoms with van der Waals surface area (Å²) in [6, 6.07) is 19.1. The van der Waals surface area contributed by atoms with E-state index in [-0.39, 0.29) is 22.5 Å². The van der Waals surface area contributed by atoms with Gasteiger partial charge in [-0.1, -0.05) is 30.3 Å². The summed E-state index contributed by atoms with van der Waals surface area (Å²) in [4.78, 5) is 38.0. The van der Waals surface area contributed by atoms with Gasteiger partial charge < -0.3 is 10.1 Å². The monoisotopic (exact) mass is 477 g/mol. The number of nitro benzene ring substituents is 1. The third-order valence-corrected chi connectivity index (χ3v) is 6.60. The van der Waals surface area contributed by atoms with Gasteiger partial charge in [0.15, 0.2) is 0 Å². The molecule has 1 N–H and O–H groups in total. The minimum atomic E-state index is -0.504. The molecule has 2 amide bonds. The van der Waals surface area contributed by atoms with Gasteiger partial charge in [-0.2, -0.15) is 0 Å². The number of hydrogen-bond acceptors (Lipinski definition) is 6. The average molecular weight is 478 g/mol. The Hall–Kier alpha value is -3.85. The first-order valence-electron chi connectivity index (χ1n) is 10.7. The largest absolute Gasteiger partial charge is 0.492 e. The van der Waals surface area contributed by atoms with Crippen LogP contribution in [0.3, 0.4) is 0 Å². The Morgan fingerprint density at radius 2 is 1.97 bits per heavy atom. The van der Waals surface area contributed by atoms with Crippen LogP contribution in [0.4, 0.5) is 17.1 Å². The molecule has 4 rings (SSSR count). The highest BCUT2D eigenvalue weighted by atomic mass is 32.2. The van der Waals surface area contributed by atoms with Crippen molar-refractivity contribution in [2.24, 2.45) is 0 Å². The maximum absolute atomic E-state index is 12.8. The molecule has 3 aromatic carbocycles. The molecule has 1 saturated heterocycles. The first kappa shape index (κ1) is 23.3. The molecule has 0 saturated carbocycles. The molecular formula is C25H23N3O5S. The fraction of sp³-hybridized carbons (Fsp3) is 0.200. The predicted octanol–water partition coefficient (Wildman–Crippen LogP) is 5.33. The van der Waals surface area contributed by atoms with Crippen LogP contribution in [-0.2, 0) is 4.79 Å². The Balaban J connectivity index is 1.60. The summed E-state index contributed by atoms with van der Waals surface area (Å²) < 4.78 is 5.73. The Morgan fingerprint density at radius 1 is 1.18 bits per heavy atom. The molecule has 0 spiro atoms. The van der Waals surface area contributed by atoms with Crippen LogP contribution in [0.2, 0.25) is 0 Å². The number of aryl methyl sites for hydroxylation is 1. The average Bonchev–Trinajstić information content (AvgIpc) is 3.21. The van der Waals surface area contributed by atoms with Crippen molar-refractivity contribution < 1.29 is 19.2 Å². The zero-order valence-electron chi connectivity index (χ0n) is 18.7. The standard InChI is InChI=1S/C25H23N3O5S/c1-3-33-22-10-5-4-9-20(22)27-23(29)15-34-25(27)18-7-6-8-19(13-18)26-24(30)17-12-11-16(2)21(14-17)28(31)32/h4-14,25H,3,15H2,1-2H3,(H,26,30). The molecule has 8 nitrogen and oxygen atoms in total. The van der Waals surface area contributed by atoms with Crippen molar-refractivity contribution in [2.75, 3.05) is 22.6 Å². The molecule has 0 bridgehead atoms. The summed E-state index contributed by atoms with van der Waals surface area (Å²) in [5.74, 6) is 0.489. The van der Waals surface area contributed by atoms with Gasteiger partial charge in [0, 0.05) is 22.9 Å². The van der Waals surface area contributed by atoms with Crippen molar-refractivity contribution >= 4 is 40.6 Å². The lowest BCUT2D eigenvalue weighted by Gasteiger charge is -2.26. The number of thioether (sulfide) groups is 1. The van der Waals surface area contributed by atoms with Crippen LogP contribution in [0.1, 0.15) is 33.8 Å². The summed E-state index contributed by atoms with van der Waals surface area (Å²) >= 11 is 1.50. The number of hydrogen-bond donors (Lipinski definition) is 1. The fourth-order valence-corrected chi connectivity index (χ4v) is 4.94. The van der Waals surface area contributed by atoms with Crippen molar-refractivity contribution in [2.45, 2.75) is 19.2 Å². The summed E-state index contributed by atoms with van der Waals surface area (Å²) in [6.07, 6.45) is 0. The molecule has 34 heavy (non-hydrogen) atoms. The summed E-state index contributed by atoms with van der Waals surface area (Å²) in [7, 11) is 0. The Kier molecular flexibility index (Phi) is 6.83. The number of nitro groups is 1. The minimum absolute atomic E-state index is 0.0245. The van der Waals surface area contributed by atoms with E-state index in [0.717, 1.165) is 5.56 Å². The van der Waals surface area contributed by atoms with Crippen molar-refractivity contribution in [3.8, 4) is 5.75 Å². The molecule has 1 unspecified atom stereocenters. The van der Waals surface area contributed by atoms with Crippen LogP contribution in [-0.4, -0.2) is 29.1 Å². The van der Waals surface area contributed by atoms with Crippen LogP contribution in [0.15, 0.2) is 66.7 Å². The smallest absolute Gasteiger partial charge is 0.273 e. The second-order valence-corrected chi connectivity index (χ2v) is 8.73. The van der Waals surface area contributed by atoms with Gasteiger partial charge in [0.25, 0.3) is 11.6 Å². The van der Waals surface area contributed by atoms with Crippen LogP contribution >= 0.6 is 11.8 Å². The number of nitrogens with zero attached hydrogens (tertiary/aromatic N) is 2. The molecule has 0 aliphatic carbocycles. The van der Waals surface area contributed by atoms with E-state index < -0.39 is 10.8 Å². The maximum Gasteiger partial charge on any atom is 0.273 e. The van der Waals surface area contributed by atoms with Gasteiger partial charge in [-0.3, -0.25) is 24.6 Å². The van der Waals surface area contributed by atoms with Crippen molar-refractivity contribution in [3.63, 3.8) is 0 Å². The van der Waals surface area contributed by atoms with Gasteiger partial charge >= 0.3 is 0 Å². The molecule has 1 atom stereocenters. The normalized spacial score (nSPS) is 15.3. The lowest BCUT2D eigenvalue weighted by molar-refractivity contribution is -0.385. The lowest BCUT2D eigenvalue weighted by atomic mass is 10.1. The number of anilines is 2. The van der Waals surface area contributed by atoms with Gasteiger partial charge in [0.1, 0.15) is 11.1 Å².